The number of aromatic nitrogens is 1. The molecule has 3 rings (SSSR count). The van der Waals surface area contributed by atoms with E-state index in [0.717, 1.165) is 18.9 Å². The number of alkyl halides is 5. The van der Waals surface area contributed by atoms with Crippen molar-refractivity contribution in [2.24, 2.45) is 5.92 Å². The van der Waals surface area contributed by atoms with Crippen LogP contribution in [0.25, 0.3) is 0 Å². The second-order valence-corrected chi connectivity index (χ2v) is 7.27. The molecule has 9 heteroatoms. The minimum Gasteiger partial charge on any atom is -0.370 e. The van der Waals surface area contributed by atoms with E-state index >= 15 is 0 Å². The molecular weight excluding hydrogens is 369 g/mol. The van der Waals surface area contributed by atoms with E-state index in [1.54, 1.807) is 0 Å². The third-order valence-electron chi connectivity index (χ3n) is 5.33. The zero-order valence-electron chi connectivity index (χ0n) is 14.8. The summed E-state index contributed by atoms with van der Waals surface area (Å²) in [5, 5.41) is 0. The monoisotopic (exact) mass is 391 g/mol. The number of amides is 1. The number of piperidine rings is 2. The Balaban J connectivity index is 1.47. The number of likely N-dealkylation sites (tertiary alicyclic amines) is 1. The van der Waals surface area contributed by atoms with Crippen molar-refractivity contribution in [3.05, 3.63) is 24.0 Å². The topological polar surface area (TPSA) is 36.4 Å². The summed E-state index contributed by atoms with van der Waals surface area (Å²) < 4.78 is 64.1. The first kappa shape index (κ1) is 19.8. The lowest BCUT2D eigenvalue weighted by atomic mass is 9.92. The SMILES string of the molecule is O=C(CC1CCN(c2ccc(C(F)(F)F)nc2)CC1)N1CCC(F)(F)CC1. The third kappa shape index (κ3) is 5.07. The molecule has 0 unspecified atom stereocenters. The summed E-state index contributed by atoms with van der Waals surface area (Å²) >= 11 is 0. The van der Waals surface area contributed by atoms with E-state index in [9.17, 15) is 26.7 Å². The first-order chi connectivity index (χ1) is 12.6. The Labute approximate surface area is 154 Å². The van der Waals surface area contributed by atoms with E-state index in [2.05, 4.69) is 4.98 Å². The first-order valence-electron chi connectivity index (χ1n) is 9.08. The van der Waals surface area contributed by atoms with Gasteiger partial charge in [0.1, 0.15) is 5.69 Å². The molecule has 4 nitrogen and oxygen atoms in total. The number of hydrogen-bond donors (Lipinski definition) is 0. The Hall–Kier alpha value is -1.93. The van der Waals surface area contributed by atoms with Crippen molar-refractivity contribution in [2.45, 2.75) is 44.2 Å². The Morgan fingerprint density at radius 2 is 1.74 bits per heavy atom. The van der Waals surface area contributed by atoms with E-state index < -0.39 is 17.8 Å². The molecule has 27 heavy (non-hydrogen) atoms. The van der Waals surface area contributed by atoms with Gasteiger partial charge in [-0.3, -0.25) is 4.79 Å². The van der Waals surface area contributed by atoms with Crippen LogP contribution in [0, 0.1) is 5.92 Å². The van der Waals surface area contributed by atoms with Gasteiger partial charge < -0.3 is 9.80 Å². The zero-order chi connectivity index (χ0) is 19.7. The van der Waals surface area contributed by atoms with Crippen molar-refractivity contribution in [3.8, 4) is 0 Å². The van der Waals surface area contributed by atoms with Gasteiger partial charge in [-0.2, -0.15) is 13.2 Å². The molecule has 2 aliphatic heterocycles. The van der Waals surface area contributed by atoms with E-state index in [4.69, 9.17) is 0 Å². The molecule has 2 saturated heterocycles. The summed E-state index contributed by atoms with van der Waals surface area (Å²) in [5.74, 6) is -2.59. The molecule has 0 atom stereocenters. The highest BCUT2D eigenvalue weighted by molar-refractivity contribution is 5.76. The van der Waals surface area contributed by atoms with Gasteiger partial charge in [0.2, 0.25) is 5.91 Å². The second-order valence-electron chi connectivity index (χ2n) is 7.27. The highest BCUT2D eigenvalue weighted by Crippen LogP contribution is 2.31. The molecule has 1 aromatic rings. The van der Waals surface area contributed by atoms with Gasteiger partial charge in [0.25, 0.3) is 5.92 Å². The van der Waals surface area contributed by atoms with E-state index in [1.807, 2.05) is 4.90 Å². The summed E-state index contributed by atoms with van der Waals surface area (Å²) in [5.41, 5.74) is -0.287. The fourth-order valence-corrected chi connectivity index (χ4v) is 3.60. The average molecular weight is 391 g/mol. The van der Waals surface area contributed by atoms with Crippen LogP contribution in [-0.2, 0) is 11.0 Å². The quantitative estimate of drug-likeness (QED) is 0.732. The lowest BCUT2D eigenvalue weighted by Gasteiger charge is -2.35. The Bertz CT molecular complexity index is 644. The molecule has 0 saturated carbocycles. The number of halogens is 5. The number of hydrogen-bond acceptors (Lipinski definition) is 3. The molecule has 3 heterocycles. The molecule has 1 amide bonds. The van der Waals surface area contributed by atoms with E-state index in [-0.39, 0.29) is 37.8 Å². The number of anilines is 1. The predicted octanol–water partition coefficient (Wildman–Crippen LogP) is 3.96. The van der Waals surface area contributed by atoms with Gasteiger partial charge >= 0.3 is 6.18 Å². The fourth-order valence-electron chi connectivity index (χ4n) is 3.60. The van der Waals surface area contributed by atoms with Crippen LogP contribution < -0.4 is 4.90 Å². The number of nitrogens with zero attached hydrogens (tertiary/aromatic N) is 3. The number of pyridine rings is 1. The Morgan fingerprint density at radius 3 is 2.26 bits per heavy atom. The van der Waals surface area contributed by atoms with Crippen LogP contribution in [0.15, 0.2) is 18.3 Å². The molecule has 0 aromatic carbocycles. The summed E-state index contributed by atoms with van der Waals surface area (Å²) in [4.78, 5) is 19.3. The summed E-state index contributed by atoms with van der Waals surface area (Å²) in [6, 6.07) is 2.38. The van der Waals surface area contributed by atoms with Crippen LogP contribution in [0.4, 0.5) is 27.6 Å². The third-order valence-corrected chi connectivity index (χ3v) is 5.33. The summed E-state index contributed by atoms with van der Waals surface area (Å²) in [7, 11) is 0. The minimum absolute atomic E-state index is 0.0832. The minimum atomic E-state index is -4.45. The van der Waals surface area contributed by atoms with Crippen LogP contribution in [0.3, 0.4) is 0 Å². The van der Waals surface area contributed by atoms with Gasteiger partial charge in [0, 0.05) is 45.4 Å². The molecule has 0 spiro atoms. The molecule has 2 fully saturated rings. The van der Waals surface area contributed by atoms with Crippen LogP contribution in [-0.4, -0.2) is 47.9 Å². The highest BCUT2D eigenvalue weighted by atomic mass is 19.4. The van der Waals surface area contributed by atoms with Gasteiger partial charge in [0.05, 0.1) is 11.9 Å². The van der Waals surface area contributed by atoms with Gasteiger partial charge in [-0.1, -0.05) is 0 Å². The standard InChI is InChI=1S/C18H22F5N3O/c19-17(20)5-9-26(10-6-17)16(27)11-13-3-7-25(8-4-13)14-1-2-15(24-12-14)18(21,22)23/h1-2,12-13H,3-11H2. The van der Waals surface area contributed by atoms with Crippen molar-refractivity contribution >= 4 is 11.6 Å². The van der Waals surface area contributed by atoms with Gasteiger partial charge in [-0.05, 0) is 30.9 Å². The molecular formula is C18H22F5N3O. The largest absolute Gasteiger partial charge is 0.433 e. The van der Waals surface area contributed by atoms with Crippen LogP contribution in [0.2, 0.25) is 0 Å². The van der Waals surface area contributed by atoms with Crippen LogP contribution in [0.5, 0.6) is 0 Å². The zero-order valence-corrected chi connectivity index (χ0v) is 14.8. The molecule has 2 aliphatic rings. The van der Waals surface area contributed by atoms with Crippen molar-refractivity contribution in [1.82, 2.24) is 9.88 Å². The molecule has 1 aromatic heterocycles. The van der Waals surface area contributed by atoms with Crippen molar-refractivity contribution < 1.29 is 26.7 Å². The van der Waals surface area contributed by atoms with Gasteiger partial charge in [-0.25, -0.2) is 13.8 Å². The number of rotatable bonds is 3. The molecule has 0 N–H and O–H groups in total. The maximum Gasteiger partial charge on any atom is 0.433 e. The predicted molar refractivity (Wildman–Crippen MR) is 89.6 cm³/mol. The first-order valence-corrected chi connectivity index (χ1v) is 9.08. The Morgan fingerprint density at radius 1 is 1.11 bits per heavy atom. The average Bonchev–Trinajstić information content (AvgIpc) is 2.61. The van der Waals surface area contributed by atoms with Crippen LogP contribution >= 0.6 is 0 Å². The van der Waals surface area contributed by atoms with Gasteiger partial charge in [0.15, 0.2) is 0 Å². The van der Waals surface area contributed by atoms with Gasteiger partial charge in [-0.15, -0.1) is 0 Å². The molecule has 150 valence electrons. The summed E-state index contributed by atoms with van der Waals surface area (Å²) in [6.45, 7) is 1.45. The highest BCUT2D eigenvalue weighted by Gasteiger charge is 2.36. The summed E-state index contributed by atoms with van der Waals surface area (Å²) in [6.07, 6.45) is -1.99. The molecule has 0 bridgehead atoms. The lowest BCUT2D eigenvalue weighted by Crippen LogP contribution is -2.44. The van der Waals surface area contributed by atoms with Crippen molar-refractivity contribution in [2.75, 3.05) is 31.1 Å². The maximum atomic E-state index is 13.2. The van der Waals surface area contributed by atoms with E-state index in [0.29, 0.717) is 25.2 Å². The number of carbonyl (C=O) groups is 1. The Kier molecular flexibility index (Phi) is 5.58. The van der Waals surface area contributed by atoms with Crippen LogP contribution in [0.1, 0.15) is 37.8 Å². The smallest absolute Gasteiger partial charge is 0.370 e. The van der Waals surface area contributed by atoms with Crippen molar-refractivity contribution in [3.63, 3.8) is 0 Å². The second kappa shape index (κ2) is 7.59. The lowest BCUT2D eigenvalue weighted by molar-refractivity contribution is -0.141. The van der Waals surface area contributed by atoms with E-state index in [1.165, 1.54) is 17.2 Å². The normalized spacial score (nSPS) is 21.4. The van der Waals surface area contributed by atoms with Crippen molar-refractivity contribution in [1.29, 1.82) is 0 Å². The molecule has 0 radical (unpaired) electrons. The molecule has 0 aliphatic carbocycles. The fraction of sp³-hybridized carbons (Fsp3) is 0.667. The number of carbonyl (C=O) groups excluding carboxylic acids is 1. The maximum absolute atomic E-state index is 13.2.